The predicted octanol–water partition coefficient (Wildman–Crippen LogP) is 1.29. The fourth-order valence-electron chi connectivity index (χ4n) is 0.928. The lowest BCUT2D eigenvalue weighted by Crippen LogP contribution is -2.32. The Morgan fingerprint density at radius 3 is 2.71 bits per heavy atom. The molecular formula is C10H19ClN2O. The minimum absolute atomic E-state index is 0.0915. The van der Waals surface area contributed by atoms with Crippen molar-refractivity contribution in [1.82, 2.24) is 10.6 Å². The number of hydrogen-bond donors (Lipinski definition) is 2. The first-order valence-electron chi connectivity index (χ1n) is 4.88. The molecule has 3 nitrogen and oxygen atoms in total. The molecule has 2 N–H and O–H groups in total. The third kappa shape index (κ3) is 9.55. The van der Waals surface area contributed by atoms with Gasteiger partial charge in [-0.25, -0.2) is 0 Å². The van der Waals surface area contributed by atoms with E-state index in [0.29, 0.717) is 18.8 Å². The topological polar surface area (TPSA) is 41.1 Å². The number of halogens is 1. The first-order valence-corrected chi connectivity index (χ1v) is 5.41. The Hall–Kier alpha value is -0.540. The van der Waals surface area contributed by atoms with Crippen LogP contribution in [0, 0.1) is 0 Å². The Kier molecular flexibility index (Phi) is 8.68. The predicted molar refractivity (Wildman–Crippen MR) is 60.6 cm³/mol. The van der Waals surface area contributed by atoms with Crippen molar-refractivity contribution >= 4 is 17.5 Å². The number of amides is 1. The zero-order valence-electron chi connectivity index (χ0n) is 8.85. The van der Waals surface area contributed by atoms with Crippen molar-refractivity contribution in [2.24, 2.45) is 0 Å². The van der Waals surface area contributed by atoms with Crippen molar-refractivity contribution in [3.05, 3.63) is 12.2 Å². The minimum Gasteiger partial charge on any atom is -0.354 e. The highest BCUT2D eigenvalue weighted by Gasteiger charge is 2.00. The Labute approximate surface area is 90.9 Å². The number of carbonyl (C=O) groups is 1. The Morgan fingerprint density at radius 1 is 1.43 bits per heavy atom. The summed E-state index contributed by atoms with van der Waals surface area (Å²) in [5, 5.41) is 5.94. The monoisotopic (exact) mass is 218 g/mol. The van der Waals surface area contributed by atoms with Crippen LogP contribution >= 0.6 is 11.6 Å². The summed E-state index contributed by atoms with van der Waals surface area (Å²) in [5.41, 5.74) is 0. The van der Waals surface area contributed by atoms with Gasteiger partial charge in [-0.3, -0.25) is 4.79 Å². The average molecular weight is 219 g/mol. The van der Waals surface area contributed by atoms with Gasteiger partial charge in [0.2, 0.25) is 5.91 Å². The lowest BCUT2D eigenvalue weighted by atomic mass is 10.3. The van der Waals surface area contributed by atoms with Crippen LogP contribution in [-0.4, -0.2) is 30.9 Å². The van der Waals surface area contributed by atoms with Gasteiger partial charge in [0.25, 0.3) is 0 Å². The van der Waals surface area contributed by atoms with E-state index in [1.165, 1.54) is 0 Å². The van der Waals surface area contributed by atoms with Crippen molar-refractivity contribution in [2.75, 3.05) is 19.0 Å². The molecule has 0 aliphatic rings. The van der Waals surface area contributed by atoms with E-state index in [9.17, 15) is 4.79 Å². The van der Waals surface area contributed by atoms with Crippen LogP contribution in [0.1, 0.15) is 20.3 Å². The molecule has 1 amide bonds. The van der Waals surface area contributed by atoms with E-state index in [1.807, 2.05) is 26.0 Å². The Morgan fingerprint density at radius 2 is 2.14 bits per heavy atom. The molecule has 0 aromatic rings. The molecule has 0 fully saturated rings. The Balaban J connectivity index is 3.27. The molecular weight excluding hydrogens is 200 g/mol. The van der Waals surface area contributed by atoms with Crippen molar-refractivity contribution in [3.8, 4) is 0 Å². The number of carbonyl (C=O) groups excluding carboxylic acids is 1. The van der Waals surface area contributed by atoms with Gasteiger partial charge in [0.15, 0.2) is 0 Å². The molecule has 0 aliphatic heterocycles. The molecule has 0 radical (unpaired) electrons. The van der Waals surface area contributed by atoms with E-state index >= 15 is 0 Å². The number of rotatable bonds is 7. The average Bonchev–Trinajstić information content (AvgIpc) is 2.10. The fourth-order valence-corrected chi connectivity index (χ4v) is 1.05. The van der Waals surface area contributed by atoms with Gasteiger partial charge in [-0.15, -0.1) is 11.6 Å². The van der Waals surface area contributed by atoms with E-state index in [4.69, 9.17) is 11.6 Å². The van der Waals surface area contributed by atoms with Crippen LogP contribution in [0.2, 0.25) is 0 Å². The van der Waals surface area contributed by atoms with Crippen LogP contribution in [-0.2, 0) is 4.79 Å². The molecule has 0 spiro atoms. The molecule has 14 heavy (non-hydrogen) atoms. The van der Waals surface area contributed by atoms with Crippen LogP contribution in [0.4, 0.5) is 0 Å². The second kappa shape index (κ2) is 9.03. The van der Waals surface area contributed by atoms with Gasteiger partial charge in [-0.05, 0) is 13.8 Å². The highest BCUT2D eigenvalue weighted by Crippen LogP contribution is 1.82. The number of allylic oxidation sites excluding steroid dienone is 1. The molecule has 4 heteroatoms. The molecule has 0 bridgehead atoms. The van der Waals surface area contributed by atoms with Crippen molar-refractivity contribution < 1.29 is 4.79 Å². The van der Waals surface area contributed by atoms with Gasteiger partial charge < -0.3 is 10.6 Å². The quantitative estimate of drug-likeness (QED) is 0.384. The maximum atomic E-state index is 11.2. The summed E-state index contributed by atoms with van der Waals surface area (Å²) in [7, 11) is 0. The summed E-state index contributed by atoms with van der Waals surface area (Å²) in [4.78, 5) is 11.2. The standard InChI is InChI=1S/C10H19ClN2O/c1-9(2)13-10(14)5-8-12-7-4-3-6-11/h3-4,9,12H,5-8H2,1-2H3,(H,13,14)/b4-3+. The second-order valence-corrected chi connectivity index (χ2v) is 3.61. The van der Waals surface area contributed by atoms with E-state index in [2.05, 4.69) is 10.6 Å². The Bertz CT molecular complexity index is 181. The smallest absolute Gasteiger partial charge is 0.221 e. The molecule has 0 aromatic carbocycles. The summed E-state index contributed by atoms with van der Waals surface area (Å²) in [6, 6.07) is 0.221. The van der Waals surface area contributed by atoms with Gasteiger partial charge in [-0.1, -0.05) is 12.2 Å². The van der Waals surface area contributed by atoms with Gasteiger partial charge in [-0.2, -0.15) is 0 Å². The molecule has 0 aromatic heterocycles. The molecule has 0 saturated heterocycles. The third-order valence-electron chi connectivity index (χ3n) is 1.50. The first kappa shape index (κ1) is 13.5. The molecule has 0 rings (SSSR count). The summed E-state index contributed by atoms with van der Waals surface area (Å²) in [6.07, 6.45) is 4.35. The first-order chi connectivity index (χ1) is 6.66. The normalized spacial score (nSPS) is 11.1. The summed E-state index contributed by atoms with van der Waals surface area (Å²) in [6.45, 7) is 5.37. The van der Waals surface area contributed by atoms with Crippen LogP contribution < -0.4 is 10.6 Å². The van der Waals surface area contributed by atoms with E-state index in [0.717, 1.165) is 6.54 Å². The summed E-state index contributed by atoms with van der Waals surface area (Å²) in [5.74, 6) is 0.629. The number of nitrogens with one attached hydrogen (secondary N) is 2. The number of hydrogen-bond acceptors (Lipinski definition) is 2. The highest BCUT2D eigenvalue weighted by atomic mass is 35.5. The van der Waals surface area contributed by atoms with Crippen LogP contribution in [0.15, 0.2) is 12.2 Å². The molecule has 0 atom stereocenters. The minimum atomic E-state index is 0.0915. The highest BCUT2D eigenvalue weighted by molar-refractivity contribution is 6.18. The van der Waals surface area contributed by atoms with Gasteiger partial charge in [0, 0.05) is 31.4 Å². The van der Waals surface area contributed by atoms with Gasteiger partial charge >= 0.3 is 0 Å². The summed E-state index contributed by atoms with van der Waals surface area (Å²) >= 11 is 5.44. The van der Waals surface area contributed by atoms with Crippen molar-refractivity contribution in [3.63, 3.8) is 0 Å². The molecule has 82 valence electrons. The third-order valence-corrected chi connectivity index (χ3v) is 1.67. The second-order valence-electron chi connectivity index (χ2n) is 3.30. The SMILES string of the molecule is CC(C)NC(=O)CCNC/C=C/CCl. The lowest BCUT2D eigenvalue weighted by molar-refractivity contribution is -0.121. The largest absolute Gasteiger partial charge is 0.354 e. The van der Waals surface area contributed by atoms with Gasteiger partial charge in [0.1, 0.15) is 0 Å². The van der Waals surface area contributed by atoms with Crippen LogP contribution in [0.3, 0.4) is 0 Å². The van der Waals surface area contributed by atoms with Crippen molar-refractivity contribution in [2.45, 2.75) is 26.3 Å². The molecule has 0 aliphatic carbocycles. The summed E-state index contributed by atoms with van der Waals surface area (Å²) < 4.78 is 0. The lowest BCUT2D eigenvalue weighted by Gasteiger charge is -2.07. The van der Waals surface area contributed by atoms with Gasteiger partial charge in [0.05, 0.1) is 0 Å². The number of alkyl halides is 1. The maximum absolute atomic E-state index is 11.2. The molecule has 0 heterocycles. The molecule has 0 saturated carbocycles. The fraction of sp³-hybridized carbons (Fsp3) is 0.700. The zero-order valence-corrected chi connectivity index (χ0v) is 9.60. The molecule has 0 unspecified atom stereocenters. The van der Waals surface area contributed by atoms with Crippen molar-refractivity contribution in [1.29, 1.82) is 0 Å². The zero-order chi connectivity index (χ0) is 10.8. The van der Waals surface area contributed by atoms with Crippen LogP contribution in [0.25, 0.3) is 0 Å². The van der Waals surface area contributed by atoms with E-state index in [-0.39, 0.29) is 11.9 Å². The van der Waals surface area contributed by atoms with E-state index in [1.54, 1.807) is 0 Å². The maximum Gasteiger partial charge on any atom is 0.221 e. The van der Waals surface area contributed by atoms with Crippen LogP contribution in [0.5, 0.6) is 0 Å². The van der Waals surface area contributed by atoms with E-state index < -0.39 is 0 Å².